The number of nitrogens with two attached hydrogens (primary N) is 2. The van der Waals surface area contributed by atoms with Crippen molar-refractivity contribution in [2.75, 3.05) is 27.0 Å². The van der Waals surface area contributed by atoms with Gasteiger partial charge in [0.2, 0.25) is 0 Å². The first-order valence-electron chi connectivity index (χ1n) is 10.6. The Morgan fingerprint density at radius 1 is 1.21 bits per heavy atom. The third-order valence-electron chi connectivity index (χ3n) is 4.07. The summed E-state index contributed by atoms with van der Waals surface area (Å²) < 4.78 is 22.9. The molecular weight excluding hydrogens is 424 g/mol. The van der Waals surface area contributed by atoms with Crippen LogP contribution in [0.5, 0.6) is 0 Å². The minimum atomic E-state index is -0.460. The average molecular weight is 462 g/mol. The summed E-state index contributed by atoms with van der Waals surface area (Å²) in [5, 5.41) is 0. The molecule has 0 radical (unpaired) electrons. The Labute approximate surface area is 196 Å². The molecule has 0 aliphatic rings. The van der Waals surface area contributed by atoms with Crippen molar-refractivity contribution in [3.63, 3.8) is 0 Å². The van der Waals surface area contributed by atoms with Crippen molar-refractivity contribution in [3.05, 3.63) is 66.4 Å². The van der Waals surface area contributed by atoms with Crippen LogP contribution in [0, 0.1) is 0 Å². The fraction of sp³-hybridized carbons (Fsp3) is 0.375. The van der Waals surface area contributed by atoms with Gasteiger partial charge < -0.3 is 16.1 Å². The molecule has 0 saturated carbocycles. The van der Waals surface area contributed by atoms with Crippen molar-refractivity contribution >= 4 is 11.7 Å². The molecule has 9 heteroatoms. The lowest BCUT2D eigenvalue weighted by Crippen LogP contribution is -2.33. The largest absolute Gasteiger partial charge is 0.383 e. The van der Waals surface area contributed by atoms with E-state index >= 15 is 0 Å². The van der Waals surface area contributed by atoms with Gasteiger partial charge in [0.25, 0.3) is 0 Å². The first-order chi connectivity index (χ1) is 15.8. The first kappa shape index (κ1) is 29.8. The number of rotatable bonds is 8. The van der Waals surface area contributed by atoms with Crippen LogP contribution in [-0.2, 0) is 6.54 Å². The van der Waals surface area contributed by atoms with E-state index in [0.29, 0.717) is 25.0 Å². The fourth-order valence-corrected chi connectivity index (χ4v) is 2.78. The highest BCUT2D eigenvalue weighted by Gasteiger charge is 2.13. The van der Waals surface area contributed by atoms with Crippen molar-refractivity contribution in [3.8, 4) is 11.1 Å². The predicted octanol–water partition coefficient (Wildman–Crippen LogP) is 4.43. The topological polar surface area (TPSA) is 105 Å². The second kappa shape index (κ2) is 16.5. The lowest BCUT2D eigenvalue weighted by Gasteiger charge is -2.14. The molecule has 0 fully saturated rings. The predicted molar refractivity (Wildman–Crippen MR) is 135 cm³/mol. The lowest BCUT2D eigenvalue weighted by atomic mass is 10.1. The Balaban J connectivity index is 0.00000242. The number of nitrogens with one attached hydrogen (secondary N) is 1. The van der Waals surface area contributed by atoms with Crippen LogP contribution in [0.4, 0.5) is 14.6 Å². The average Bonchev–Trinajstić information content (AvgIpc) is 2.80. The first-order valence-corrected chi connectivity index (χ1v) is 10.6. The van der Waals surface area contributed by atoms with Gasteiger partial charge in [-0.1, -0.05) is 26.0 Å². The molecule has 2 aromatic rings. The van der Waals surface area contributed by atoms with Crippen molar-refractivity contribution in [2.45, 2.75) is 39.8 Å². The second-order valence-electron chi connectivity index (χ2n) is 6.90. The molecule has 0 amide bonds. The number of aliphatic imine (C=N–C) groups is 1. The number of alkyl halides is 1. The minimum Gasteiger partial charge on any atom is -0.383 e. The molecule has 33 heavy (non-hydrogen) atoms. The van der Waals surface area contributed by atoms with Crippen molar-refractivity contribution in [1.29, 1.82) is 0 Å². The molecule has 2 aromatic heterocycles. The molecule has 0 aliphatic heterocycles. The Kier molecular flexibility index (Phi) is 14.9. The molecule has 1 unspecified atom stereocenters. The summed E-state index contributed by atoms with van der Waals surface area (Å²) in [4.78, 5) is 15.3. The molecule has 0 bridgehead atoms. The highest BCUT2D eigenvalue weighted by molar-refractivity contribution is 6.03. The van der Waals surface area contributed by atoms with Gasteiger partial charge in [-0.15, -0.1) is 6.58 Å². The van der Waals surface area contributed by atoms with Crippen molar-refractivity contribution in [1.82, 2.24) is 20.3 Å². The van der Waals surface area contributed by atoms with Crippen LogP contribution in [0.25, 0.3) is 11.1 Å². The number of hydrogen-bond donors (Lipinski definition) is 3. The number of halogens is 2. The highest BCUT2D eigenvalue weighted by atomic mass is 19.1. The summed E-state index contributed by atoms with van der Waals surface area (Å²) >= 11 is 0. The van der Waals surface area contributed by atoms with Gasteiger partial charge in [-0.25, -0.2) is 15.2 Å². The number of nitrogen functional groups attached to an aromatic ring is 1. The molecular formula is C24H37F2N7. The molecule has 7 nitrogen and oxygen atoms in total. The molecule has 0 spiro atoms. The maximum absolute atomic E-state index is 13.4. The Bertz CT molecular complexity index is 890. The van der Waals surface area contributed by atoms with Crippen LogP contribution < -0.4 is 17.0 Å². The highest BCUT2D eigenvalue weighted by Crippen LogP contribution is 2.22. The number of anilines is 1. The summed E-state index contributed by atoms with van der Waals surface area (Å²) in [5.74, 6) is 5.93. The summed E-state index contributed by atoms with van der Waals surface area (Å²) in [7, 11) is 4.48. The Morgan fingerprint density at radius 3 is 2.33 bits per heavy atom. The number of allylic oxidation sites excluding steroid dienone is 1. The van der Waals surface area contributed by atoms with E-state index in [2.05, 4.69) is 27.0 Å². The van der Waals surface area contributed by atoms with Crippen molar-refractivity contribution < 1.29 is 8.78 Å². The van der Waals surface area contributed by atoms with Crippen LogP contribution in [0.1, 0.15) is 38.4 Å². The van der Waals surface area contributed by atoms with Gasteiger partial charge in [0, 0.05) is 30.1 Å². The van der Waals surface area contributed by atoms with E-state index in [4.69, 9.17) is 11.6 Å². The van der Waals surface area contributed by atoms with Crippen LogP contribution in [0.3, 0.4) is 0 Å². The van der Waals surface area contributed by atoms with Gasteiger partial charge in [0.05, 0.1) is 30.3 Å². The van der Waals surface area contributed by atoms with Crippen molar-refractivity contribution in [2.24, 2.45) is 10.8 Å². The van der Waals surface area contributed by atoms with Gasteiger partial charge in [-0.3, -0.25) is 14.4 Å². The van der Waals surface area contributed by atoms with Gasteiger partial charge in [-0.05, 0) is 45.6 Å². The van der Waals surface area contributed by atoms with E-state index in [1.54, 1.807) is 18.5 Å². The molecule has 1 atom stereocenters. The standard InChI is InChI=1S/C21H28FN7.C2H6.CH3F/c1-5-6-17(9-14(2)22)27-21(28-24)19-10-16(12-26-20(19)23)15-7-8-18(25-11-15)13-29(3)4;2*1-2/h5,7-12,17H,1,6,13,24H2,2-4H3,(H2,23,26)(H,27,28);1-2H3;1H3/b14-9+;;. The van der Waals surface area contributed by atoms with Crippen LogP contribution in [0.15, 0.2) is 60.1 Å². The molecule has 2 rings (SSSR count). The molecule has 0 aromatic carbocycles. The van der Waals surface area contributed by atoms with E-state index in [0.717, 1.165) is 23.4 Å². The minimum absolute atomic E-state index is 0.265. The quantitative estimate of drug-likeness (QED) is 0.177. The Hall–Kier alpha value is -3.17. The molecule has 182 valence electrons. The number of hydrogen-bond acceptors (Lipinski definition) is 6. The number of pyridine rings is 2. The zero-order chi connectivity index (χ0) is 25.4. The third-order valence-corrected chi connectivity index (χ3v) is 4.07. The summed E-state index contributed by atoms with van der Waals surface area (Å²) in [5.41, 5.74) is 11.8. The van der Waals surface area contributed by atoms with Crippen LogP contribution in [0.2, 0.25) is 0 Å². The number of nitrogens with zero attached hydrogens (tertiary/aromatic N) is 4. The zero-order valence-corrected chi connectivity index (χ0v) is 20.4. The van der Waals surface area contributed by atoms with Gasteiger partial charge >= 0.3 is 0 Å². The SMILES string of the molecule is C=CCC(/C=C(\C)F)N=C(NN)c1cc(-c2ccc(CN(C)C)nc2)cnc1N.CC.CF. The van der Waals surface area contributed by atoms with E-state index < -0.39 is 6.04 Å². The van der Waals surface area contributed by atoms with E-state index in [-0.39, 0.29) is 11.6 Å². The van der Waals surface area contributed by atoms with E-state index in [1.807, 2.05) is 51.0 Å². The maximum Gasteiger partial charge on any atom is 0.146 e. The van der Waals surface area contributed by atoms with E-state index in [1.165, 1.54) is 13.0 Å². The summed E-state index contributed by atoms with van der Waals surface area (Å²) in [6.07, 6.45) is 6.98. The smallest absolute Gasteiger partial charge is 0.146 e. The summed E-state index contributed by atoms with van der Waals surface area (Å²) in [6, 6.07) is 5.32. The summed E-state index contributed by atoms with van der Waals surface area (Å²) in [6.45, 7) is 9.81. The normalized spacial score (nSPS) is 12.2. The molecule has 0 aliphatic carbocycles. The van der Waals surface area contributed by atoms with Gasteiger partial charge in [0.15, 0.2) is 0 Å². The van der Waals surface area contributed by atoms with E-state index in [9.17, 15) is 8.78 Å². The number of amidine groups is 1. The third kappa shape index (κ3) is 10.3. The molecule has 5 N–H and O–H groups in total. The van der Waals surface area contributed by atoms with Crippen LogP contribution >= 0.6 is 0 Å². The number of hydrazine groups is 1. The maximum atomic E-state index is 13.4. The number of aromatic nitrogens is 2. The monoisotopic (exact) mass is 461 g/mol. The zero-order valence-electron chi connectivity index (χ0n) is 20.4. The van der Waals surface area contributed by atoms with Gasteiger partial charge in [-0.2, -0.15) is 0 Å². The Morgan fingerprint density at radius 2 is 1.85 bits per heavy atom. The lowest BCUT2D eigenvalue weighted by molar-refractivity contribution is 0.397. The molecule has 0 saturated heterocycles. The fourth-order valence-electron chi connectivity index (χ4n) is 2.78. The van der Waals surface area contributed by atoms with Crippen LogP contribution in [-0.4, -0.2) is 48.0 Å². The molecule has 2 heterocycles. The second-order valence-corrected chi connectivity index (χ2v) is 6.90. The van der Waals surface area contributed by atoms with Gasteiger partial charge in [0.1, 0.15) is 11.7 Å².